The maximum Gasteiger partial charge on any atom is 0.325 e. The van der Waals surface area contributed by atoms with Crippen LogP contribution < -0.4 is 16.0 Å². The smallest absolute Gasteiger partial charge is 0.325 e. The van der Waals surface area contributed by atoms with Crippen LogP contribution in [0.25, 0.3) is 0 Å². The second-order valence-electron chi connectivity index (χ2n) is 4.73. The lowest BCUT2D eigenvalue weighted by atomic mass is 9.88. The highest BCUT2D eigenvalue weighted by molar-refractivity contribution is 6.00. The van der Waals surface area contributed by atoms with Gasteiger partial charge in [0.1, 0.15) is 12.1 Å². The van der Waals surface area contributed by atoms with Gasteiger partial charge in [-0.15, -0.1) is 0 Å². The summed E-state index contributed by atoms with van der Waals surface area (Å²) in [6.45, 7) is 0. The monoisotopic (exact) mass is 275 g/mol. The zero-order chi connectivity index (χ0) is 14.3. The minimum absolute atomic E-state index is 0.429. The molecule has 0 spiro atoms. The van der Waals surface area contributed by atoms with Gasteiger partial charge in [0.05, 0.1) is 11.7 Å². The van der Waals surface area contributed by atoms with Gasteiger partial charge in [-0.2, -0.15) is 0 Å². The molecule has 0 aliphatic carbocycles. The SMILES string of the molecule is CN1C(=O)NC(=O)C2C(c3ccccn3)NC(=O)NC21. The Bertz CT molecular complexity index is 576. The molecule has 1 aromatic heterocycles. The molecule has 0 radical (unpaired) electrons. The van der Waals surface area contributed by atoms with Crippen LogP contribution in [0.3, 0.4) is 0 Å². The van der Waals surface area contributed by atoms with E-state index >= 15 is 0 Å². The summed E-state index contributed by atoms with van der Waals surface area (Å²) in [7, 11) is 1.53. The fourth-order valence-corrected chi connectivity index (χ4v) is 2.53. The first-order valence-electron chi connectivity index (χ1n) is 6.13. The number of pyridine rings is 1. The Hall–Kier alpha value is -2.64. The van der Waals surface area contributed by atoms with Crippen LogP contribution in [0.2, 0.25) is 0 Å². The molecule has 3 heterocycles. The number of hydrogen-bond acceptors (Lipinski definition) is 4. The fourth-order valence-electron chi connectivity index (χ4n) is 2.53. The number of carbonyl (C=O) groups excluding carboxylic acids is 3. The van der Waals surface area contributed by atoms with Crippen molar-refractivity contribution >= 4 is 18.0 Å². The number of carbonyl (C=O) groups is 3. The summed E-state index contributed by atoms with van der Waals surface area (Å²) in [4.78, 5) is 40.9. The minimum Gasteiger partial charge on any atom is -0.329 e. The van der Waals surface area contributed by atoms with Crippen molar-refractivity contribution in [2.75, 3.05) is 7.05 Å². The van der Waals surface area contributed by atoms with Gasteiger partial charge >= 0.3 is 12.1 Å². The number of aromatic nitrogens is 1. The first-order chi connectivity index (χ1) is 9.58. The molecule has 8 heteroatoms. The molecule has 1 aromatic rings. The lowest BCUT2D eigenvalue weighted by Crippen LogP contribution is -2.71. The van der Waals surface area contributed by atoms with Gasteiger partial charge in [0.15, 0.2) is 0 Å². The number of hydrogen-bond donors (Lipinski definition) is 3. The first-order valence-corrected chi connectivity index (χ1v) is 6.13. The number of nitrogens with zero attached hydrogens (tertiary/aromatic N) is 2. The lowest BCUT2D eigenvalue weighted by molar-refractivity contribution is -0.130. The van der Waals surface area contributed by atoms with Crippen molar-refractivity contribution in [3.63, 3.8) is 0 Å². The zero-order valence-electron chi connectivity index (χ0n) is 10.7. The third-order valence-electron chi connectivity index (χ3n) is 3.54. The molecule has 3 N–H and O–H groups in total. The van der Waals surface area contributed by atoms with E-state index in [4.69, 9.17) is 0 Å². The molecule has 2 aliphatic heterocycles. The Morgan fingerprint density at radius 3 is 2.70 bits per heavy atom. The normalized spacial score (nSPS) is 29.1. The molecule has 104 valence electrons. The van der Waals surface area contributed by atoms with Crippen molar-refractivity contribution in [2.24, 2.45) is 5.92 Å². The van der Waals surface area contributed by atoms with Crippen LogP contribution in [0, 0.1) is 5.92 Å². The number of rotatable bonds is 1. The maximum absolute atomic E-state index is 12.1. The van der Waals surface area contributed by atoms with Gasteiger partial charge in [-0.1, -0.05) is 6.07 Å². The highest BCUT2D eigenvalue weighted by Crippen LogP contribution is 2.30. The molecule has 2 aliphatic rings. The molecular formula is C12H13N5O3. The molecule has 2 fully saturated rings. The van der Waals surface area contributed by atoms with Crippen LogP contribution in [-0.4, -0.2) is 41.1 Å². The van der Waals surface area contributed by atoms with Crippen molar-refractivity contribution in [2.45, 2.75) is 12.2 Å². The Labute approximate surface area is 114 Å². The van der Waals surface area contributed by atoms with Crippen molar-refractivity contribution < 1.29 is 14.4 Å². The van der Waals surface area contributed by atoms with Crippen LogP contribution in [-0.2, 0) is 4.79 Å². The quantitative estimate of drug-likeness (QED) is 0.646. The van der Waals surface area contributed by atoms with Gasteiger partial charge in [0.25, 0.3) is 0 Å². The molecule has 0 aromatic carbocycles. The lowest BCUT2D eigenvalue weighted by Gasteiger charge is -2.44. The standard InChI is InChI=1S/C12H13N5O3/c1-17-9-7(10(18)16-12(17)20)8(14-11(19)15-9)6-4-2-3-5-13-6/h2-5,7-9H,1H3,(H2,14,15,19)(H,16,18,20). The van der Waals surface area contributed by atoms with Gasteiger partial charge in [0, 0.05) is 13.2 Å². The summed E-state index contributed by atoms with van der Waals surface area (Å²) < 4.78 is 0. The number of urea groups is 2. The molecule has 0 bridgehead atoms. The summed E-state index contributed by atoms with van der Waals surface area (Å²) in [5, 5.41) is 7.55. The number of fused-ring (bicyclic) bond motifs is 1. The Kier molecular flexibility index (Phi) is 2.78. The molecule has 20 heavy (non-hydrogen) atoms. The maximum atomic E-state index is 12.1. The van der Waals surface area contributed by atoms with Crippen molar-refractivity contribution in [1.29, 1.82) is 0 Å². The molecule has 2 saturated heterocycles. The van der Waals surface area contributed by atoms with Gasteiger partial charge in [-0.05, 0) is 12.1 Å². The number of nitrogens with one attached hydrogen (secondary N) is 3. The van der Waals surface area contributed by atoms with Crippen LogP contribution in [0.15, 0.2) is 24.4 Å². The average molecular weight is 275 g/mol. The van der Waals surface area contributed by atoms with Gasteiger partial charge in [-0.25, -0.2) is 9.59 Å². The van der Waals surface area contributed by atoms with E-state index in [1.807, 2.05) is 0 Å². The van der Waals surface area contributed by atoms with E-state index in [9.17, 15) is 14.4 Å². The van der Waals surface area contributed by atoms with Crippen LogP contribution in [0.5, 0.6) is 0 Å². The van der Waals surface area contributed by atoms with Crippen molar-refractivity contribution in [3.05, 3.63) is 30.1 Å². The van der Waals surface area contributed by atoms with E-state index in [0.717, 1.165) is 0 Å². The fraction of sp³-hybridized carbons (Fsp3) is 0.333. The van der Waals surface area contributed by atoms with Crippen molar-refractivity contribution in [1.82, 2.24) is 25.8 Å². The molecule has 3 atom stereocenters. The zero-order valence-corrected chi connectivity index (χ0v) is 10.7. The van der Waals surface area contributed by atoms with Crippen LogP contribution in [0.1, 0.15) is 11.7 Å². The molecule has 3 unspecified atom stereocenters. The van der Waals surface area contributed by atoms with E-state index in [2.05, 4.69) is 20.9 Å². The highest BCUT2D eigenvalue weighted by Gasteiger charge is 2.49. The predicted molar refractivity (Wildman–Crippen MR) is 67.2 cm³/mol. The highest BCUT2D eigenvalue weighted by atomic mass is 16.2. The molecule has 5 amide bonds. The van der Waals surface area contributed by atoms with E-state index in [-0.39, 0.29) is 0 Å². The summed E-state index contributed by atoms with van der Waals surface area (Å²) in [6, 6.07) is 3.72. The molecular weight excluding hydrogens is 262 g/mol. The predicted octanol–water partition coefficient (Wildman–Crippen LogP) is -0.441. The second-order valence-corrected chi connectivity index (χ2v) is 4.73. The number of imide groups is 1. The molecule has 0 saturated carbocycles. The summed E-state index contributed by atoms with van der Waals surface area (Å²) in [6.07, 6.45) is 0.908. The summed E-state index contributed by atoms with van der Waals surface area (Å²) >= 11 is 0. The minimum atomic E-state index is -0.683. The average Bonchev–Trinajstić information content (AvgIpc) is 2.45. The van der Waals surface area contributed by atoms with Crippen LogP contribution in [0.4, 0.5) is 9.59 Å². The molecule has 8 nitrogen and oxygen atoms in total. The Balaban J connectivity index is 2.00. The van der Waals surface area contributed by atoms with E-state index in [1.165, 1.54) is 11.9 Å². The van der Waals surface area contributed by atoms with Gasteiger partial charge in [0.2, 0.25) is 5.91 Å². The Morgan fingerprint density at radius 1 is 1.20 bits per heavy atom. The Morgan fingerprint density at radius 2 is 2.00 bits per heavy atom. The second kappa shape index (κ2) is 4.48. The summed E-state index contributed by atoms with van der Waals surface area (Å²) in [5.74, 6) is -1.06. The van der Waals surface area contributed by atoms with Gasteiger partial charge < -0.3 is 15.5 Å². The first kappa shape index (κ1) is 12.4. The van der Waals surface area contributed by atoms with Gasteiger partial charge in [-0.3, -0.25) is 15.1 Å². The van der Waals surface area contributed by atoms with Crippen LogP contribution >= 0.6 is 0 Å². The van der Waals surface area contributed by atoms with E-state index in [0.29, 0.717) is 5.69 Å². The molecule has 3 rings (SSSR count). The van der Waals surface area contributed by atoms with E-state index < -0.39 is 36.1 Å². The number of amides is 5. The third kappa shape index (κ3) is 1.85. The topological polar surface area (TPSA) is 103 Å². The third-order valence-corrected chi connectivity index (χ3v) is 3.54. The van der Waals surface area contributed by atoms with Crippen molar-refractivity contribution in [3.8, 4) is 0 Å². The van der Waals surface area contributed by atoms with E-state index in [1.54, 1.807) is 24.4 Å². The summed E-state index contributed by atoms with van der Waals surface area (Å²) in [5.41, 5.74) is 0.579. The largest absolute Gasteiger partial charge is 0.329 e.